The average molecular weight is 746 g/mol. The molecule has 3 nitrogen and oxygen atoms in total. The minimum absolute atomic E-state index is 0.0121. The summed E-state index contributed by atoms with van der Waals surface area (Å²) in [6, 6.07) is 48.8. The number of hydrogen-bond acceptors (Lipinski definition) is 3. The molecule has 1 aliphatic carbocycles. The van der Waals surface area contributed by atoms with Crippen LogP contribution in [-0.4, -0.2) is 12.3 Å². The van der Waals surface area contributed by atoms with Crippen molar-refractivity contribution in [2.75, 3.05) is 14.7 Å². The molecule has 0 N–H and O–H groups in total. The Balaban J connectivity index is 1.34. The van der Waals surface area contributed by atoms with Gasteiger partial charge in [-0.05, 0) is 125 Å². The lowest BCUT2D eigenvalue weighted by Gasteiger charge is -2.53. The van der Waals surface area contributed by atoms with E-state index in [0.717, 1.165) is 11.4 Å². The first-order valence-electron chi connectivity index (χ1n) is 21.3. The zero-order valence-corrected chi connectivity index (χ0v) is 35.4. The van der Waals surface area contributed by atoms with Gasteiger partial charge in [-0.25, -0.2) is 0 Å². The third kappa shape index (κ3) is 5.25. The molecule has 0 spiro atoms. The normalized spacial score (nSPS) is 20.5. The van der Waals surface area contributed by atoms with Gasteiger partial charge in [0, 0.05) is 45.2 Å². The van der Waals surface area contributed by atoms with Crippen molar-refractivity contribution in [1.29, 1.82) is 0 Å². The maximum absolute atomic E-state index is 2.86. The summed E-state index contributed by atoms with van der Waals surface area (Å²) in [6.07, 6.45) is 4.90. The predicted octanol–water partition coefficient (Wildman–Crippen LogP) is 12.4. The Labute approximate surface area is 341 Å². The van der Waals surface area contributed by atoms with Gasteiger partial charge in [0.25, 0.3) is 6.71 Å². The summed E-state index contributed by atoms with van der Waals surface area (Å²) in [5, 5.41) is 0. The fourth-order valence-corrected chi connectivity index (χ4v) is 11.1. The first-order chi connectivity index (χ1) is 27.2. The van der Waals surface area contributed by atoms with Gasteiger partial charge in [0.1, 0.15) is 0 Å². The highest BCUT2D eigenvalue weighted by atomic mass is 15.3. The zero-order valence-electron chi connectivity index (χ0n) is 35.4. The van der Waals surface area contributed by atoms with Gasteiger partial charge < -0.3 is 14.7 Å². The van der Waals surface area contributed by atoms with Crippen molar-refractivity contribution in [1.82, 2.24) is 0 Å². The number of aryl methyl sites for hydroxylation is 1. The first kappa shape index (κ1) is 36.1. The van der Waals surface area contributed by atoms with E-state index in [9.17, 15) is 0 Å². The Hall–Kier alpha value is -5.22. The number of para-hydroxylation sites is 2. The van der Waals surface area contributed by atoms with Crippen LogP contribution in [0, 0.1) is 6.92 Å². The van der Waals surface area contributed by atoms with Crippen molar-refractivity contribution in [3.63, 3.8) is 0 Å². The molecule has 4 heteroatoms. The van der Waals surface area contributed by atoms with Crippen molar-refractivity contribution in [3.05, 3.63) is 150 Å². The molecular weight excluding hydrogens is 689 g/mol. The lowest BCUT2D eigenvalue weighted by atomic mass is 9.33. The lowest BCUT2D eigenvalue weighted by Crippen LogP contribution is -2.64. The van der Waals surface area contributed by atoms with Crippen LogP contribution >= 0.6 is 0 Å². The minimum atomic E-state index is -0.0649. The summed E-state index contributed by atoms with van der Waals surface area (Å²) in [4.78, 5) is 7.93. The van der Waals surface area contributed by atoms with E-state index in [4.69, 9.17) is 0 Å². The molecule has 0 bridgehead atoms. The van der Waals surface area contributed by atoms with Crippen molar-refractivity contribution in [3.8, 4) is 0 Å². The quantitative estimate of drug-likeness (QED) is 0.166. The molecule has 6 aromatic rings. The Morgan fingerprint density at radius 3 is 1.81 bits per heavy atom. The van der Waals surface area contributed by atoms with Crippen LogP contribution in [0.5, 0.6) is 0 Å². The number of rotatable bonds is 4. The van der Waals surface area contributed by atoms with Gasteiger partial charge in [-0.2, -0.15) is 0 Å². The van der Waals surface area contributed by atoms with E-state index in [0.29, 0.717) is 0 Å². The molecule has 6 aromatic carbocycles. The molecule has 10 rings (SSSR count). The molecule has 57 heavy (non-hydrogen) atoms. The van der Waals surface area contributed by atoms with Gasteiger partial charge in [0.2, 0.25) is 0 Å². The summed E-state index contributed by atoms with van der Waals surface area (Å²) < 4.78 is 0. The first-order valence-corrected chi connectivity index (χ1v) is 21.3. The zero-order chi connectivity index (χ0) is 39.6. The van der Waals surface area contributed by atoms with Crippen molar-refractivity contribution < 1.29 is 0 Å². The maximum Gasteiger partial charge on any atom is 0.252 e. The van der Waals surface area contributed by atoms with E-state index in [2.05, 4.69) is 204 Å². The molecule has 2 unspecified atom stereocenters. The Bertz CT molecular complexity index is 2510. The van der Waals surface area contributed by atoms with Gasteiger partial charge in [0.15, 0.2) is 0 Å². The summed E-state index contributed by atoms with van der Waals surface area (Å²) >= 11 is 0. The highest BCUT2D eigenvalue weighted by Crippen LogP contribution is 2.62. The fraction of sp³-hybridized carbons (Fsp3) is 0.321. The van der Waals surface area contributed by atoms with Crippen LogP contribution in [-0.2, 0) is 16.2 Å². The molecule has 1 saturated carbocycles. The monoisotopic (exact) mass is 745 g/mol. The van der Waals surface area contributed by atoms with Gasteiger partial charge >= 0.3 is 0 Å². The van der Waals surface area contributed by atoms with Crippen LogP contribution in [0.2, 0.25) is 0 Å². The molecule has 0 saturated heterocycles. The number of benzene rings is 6. The molecule has 0 amide bonds. The number of fused-ring (bicyclic) bond motifs is 7. The lowest BCUT2D eigenvalue weighted by molar-refractivity contribution is 0.195. The molecule has 2 atom stereocenters. The number of nitrogens with zero attached hydrogens (tertiary/aromatic N) is 3. The predicted molar refractivity (Wildman–Crippen MR) is 245 cm³/mol. The summed E-state index contributed by atoms with van der Waals surface area (Å²) in [5.41, 5.74) is 20.1. The van der Waals surface area contributed by atoms with Crippen molar-refractivity contribution >= 4 is 68.6 Å². The van der Waals surface area contributed by atoms with Crippen LogP contribution in [0.3, 0.4) is 0 Å². The highest BCUT2D eigenvalue weighted by molar-refractivity contribution is 7.00. The van der Waals surface area contributed by atoms with E-state index in [1.165, 1.54) is 92.9 Å². The molecule has 1 fully saturated rings. The van der Waals surface area contributed by atoms with Crippen LogP contribution in [0.15, 0.2) is 127 Å². The molecule has 0 radical (unpaired) electrons. The molecule has 286 valence electrons. The van der Waals surface area contributed by atoms with Crippen LogP contribution in [0.25, 0.3) is 0 Å². The van der Waals surface area contributed by atoms with Crippen LogP contribution in [0.1, 0.15) is 103 Å². The van der Waals surface area contributed by atoms with E-state index in [-0.39, 0.29) is 28.5 Å². The van der Waals surface area contributed by atoms with Gasteiger partial charge in [-0.3, -0.25) is 0 Å². The third-order valence-corrected chi connectivity index (χ3v) is 14.3. The van der Waals surface area contributed by atoms with Crippen LogP contribution in [0.4, 0.5) is 45.5 Å². The van der Waals surface area contributed by atoms with E-state index >= 15 is 0 Å². The van der Waals surface area contributed by atoms with Crippen LogP contribution < -0.4 is 31.1 Å². The number of anilines is 8. The number of hydrogen-bond donors (Lipinski definition) is 0. The van der Waals surface area contributed by atoms with Gasteiger partial charge in [0.05, 0.1) is 11.2 Å². The second-order valence-corrected chi connectivity index (χ2v) is 19.9. The largest absolute Gasteiger partial charge is 0.335 e. The summed E-state index contributed by atoms with van der Waals surface area (Å²) in [5.74, 6) is 0. The van der Waals surface area contributed by atoms with Crippen molar-refractivity contribution in [2.24, 2.45) is 0 Å². The molecule has 3 heterocycles. The second-order valence-electron chi connectivity index (χ2n) is 19.9. The standard InChI is InChI=1S/C53H56BN3/c1-35-30-42-49-44(31-35)54-43-32-37(51(5,6)7)24-27-45(43)56(40-25-22-36(23-26-40)50(2,3)4)46-33-41(55(38-18-12-10-13-19-38)39-20-14-11-15-21-39)34-47(48(46)54)57(49)53(9)29-17-16-28-52(42,53)8/h10-15,18-27,30-34H,16-17,28-29H2,1-9H3. The summed E-state index contributed by atoms with van der Waals surface area (Å²) in [7, 11) is 0. The SMILES string of the molecule is Cc1cc2c3c(c1)C1(C)CCCCC1(C)N3c1cc(N(c3ccccc3)c3ccccc3)cc3c1B2c1cc(C(C)(C)C)ccc1N3c1ccc(C(C)(C)C)cc1. The van der Waals surface area contributed by atoms with Gasteiger partial charge in [-0.15, -0.1) is 0 Å². The maximum atomic E-state index is 2.86. The average Bonchev–Trinajstić information content (AvgIpc) is 3.39. The second kappa shape index (κ2) is 12.4. The van der Waals surface area contributed by atoms with Gasteiger partial charge in [-0.1, -0.05) is 140 Å². The highest BCUT2D eigenvalue weighted by Gasteiger charge is 2.61. The Kier molecular flexibility index (Phi) is 7.86. The summed E-state index contributed by atoms with van der Waals surface area (Å²) in [6.45, 7) is 21.6. The van der Waals surface area contributed by atoms with Crippen molar-refractivity contribution in [2.45, 2.75) is 110 Å². The minimum Gasteiger partial charge on any atom is -0.335 e. The molecule has 0 aromatic heterocycles. The molecular formula is C53H56BN3. The van der Waals surface area contributed by atoms with E-state index < -0.39 is 0 Å². The topological polar surface area (TPSA) is 9.72 Å². The third-order valence-electron chi connectivity index (χ3n) is 14.3. The van der Waals surface area contributed by atoms with E-state index in [1.807, 2.05) is 0 Å². The Morgan fingerprint density at radius 1 is 0.579 bits per heavy atom. The fourth-order valence-electron chi connectivity index (χ4n) is 11.1. The molecule has 3 aliphatic heterocycles. The Morgan fingerprint density at radius 2 is 1.18 bits per heavy atom. The molecule has 4 aliphatic rings. The van der Waals surface area contributed by atoms with E-state index in [1.54, 1.807) is 5.56 Å². The smallest absolute Gasteiger partial charge is 0.252 e.